The third kappa shape index (κ3) is 4.75. The van der Waals surface area contributed by atoms with Crippen molar-refractivity contribution in [2.45, 2.75) is 50.1 Å². The first-order valence-corrected chi connectivity index (χ1v) is 12.1. The summed E-state index contributed by atoms with van der Waals surface area (Å²) in [6, 6.07) is 10.9. The van der Waals surface area contributed by atoms with E-state index in [4.69, 9.17) is 9.84 Å². The number of benzene rings is 2. The lowest BCUT2D eigenvalue weighted by Crippen LogP contribution is -2.48. The Kier molecular flexibility index (Phi) is 6.02. The molecule has 4 aliphatic rings. The van der Waals surface area contributed by atoms with Gasteiger partial charge in [0.15, 0.2) is 0 Å². The van der Waals surface area contributed by atoms with Crippen LogP contribution in [0.2, 0.25) is 0 Å². The van der Waals surface area contributed by atoms with E-state index in [9.17, 15) is 18.0 Å². The van der Waals surface area contributed by atoms with Gasteiger partial charge in [0.05, 0.1) is 12.7 Å². The van der Waals surface area contributed by atoms with Crippen LogP contribution in [0.25, 0.3) is 11.6 Å². The fourth-order valence-corrected chi connectivity index (χ4v) is 7.12. The zero-order chi connectivity index (χ0) is 24.8. The summed E-state index contributed by atoms with van der Waals surface area (Å²) in [6.45, 7) is 0. The van der Waals surface area contributed by atoms with Gasteiger partial charge in [-0.25, -0.2) is 4.79 Å². The molecule has 4 aliphatic carbocycles. The Morgan fingerprint density at radius 3 is 2.23 bits per heavy atom. The molecule has 4 fully saturated rings. The maximum Gasteiger partial charge on any atom is 0.416 e. The van der Waals surface area contributed by atoms with Crippen molar-refractivity contribution in [3.8, 4) is 5.75 Å². The number of halogens is 3. The maximum atomic E-state index is 13.3. The Morgan fingerprint density at radius 1 is 1.00 bits per heavy atom. The monoisotopic (exact) mass is 482 g/mol. The van der Waals surface area contributed by atoms with Crippen LogP contribution in [-0.2, 0) is 16.4 Å². The highest BCUT2D eigenvalue weighted by Crippen LogP contribution is 2.61. The van der Waals surface area contributed by atoms with Gasteiger partial charge in [0.25, 0.3) is 0 Å². The molecular weight excluding hydrogens is 453 g/mol. The molecule has 4 bridgehead atoms. The van der Waals surface area contributed by atoms with Gasteiger partial charge in [-0.15, -0.1) is 0 Å². The summed E-state index contributed by atoms with van der Waals surface area (Å²) in [5.41, 5.74) is 2.02. The molecule has 184 valence electrons. The average Bonchev–Trinajstić information content (AvgIpc) is 2.80. The third-order valence-electron chi connectivity index (χ3n) is 8.09. The van der Waals surface area contributed by atoms with Crippen molar-refractivity contribution in [1.29, 1.82) is 0 Å². The number of carboxylic acids is 1. The molecule has 35 heavy (non-hydrogen) atoms. The zero-order valence-electron chi connectivity index (χ0n) is 19.6. The van der Waals surface area contributed by atoms with E-state index >= 15 is 0 Å². The predicted octanol–water partition coefficient (Wildman–Crippen LogP) is 7.36. The first-order valence-electron chi connectivity index (χ1n) is 12.1. The largest absolute Gasteiger partial charge is 0.496 e. The van der Waals surface area contributed by atoms with Crippen molar-refractivity contribution in [1.82, 2.24) is 0 Å². The Labute approximate surface area is 203 Å². The van der Waals surface area contributed by atoms with E-state index in [2.05, 4.69) is 6.07 Å². The second-order valence-corrected chi connectivity index (χ2v) is 10.5. The smallest absolute Gasteiger partial charge is 0.416 e. The highest BCUT2D eigenvalue weighted by Gasteiger charge is 2.52. The van der Waals surface area contributed by atoms with Crippen LogP contribution < -0.4 is 4.74 Å². The molecule has 0 aliphatic heterocycles. The molecule has 0 saturated heterocycles. The number of hydrogen-bond acceptors (Lipinski definition) is 2. The van der Waals surface area contributed by atoms with E-state index in [0.717, 1.165) is 47.3 Å². The molecule has 0 atom stereocenters. The quantitative estimate of drug-likeness (QED) is 0.266. The van der Waals surface area contributed by atoms with E-state index in [1.807, 2.05) is 12.1 Å². The highest BCUT2D eigenvalue weighted by atomic mass is 19.4. The second kappa shape index (κ2) is 8.89. The molecule has 3 nitrogen and oxygen atoms in total. The van der Waals surface area contributed by atoms with Crippen molar-refractivity contribution in [3.63, 3.8) is 0 Å². The molecule has 0 unspecified atom stereocenters. The van der Waals surface area contributed by atoms with Crippen LogP contribution in [-0.4, -0.2) is 18.2 Å². The van der Waals surface area contributed by atoms with Gasteiger partial charge in [-0.3, -0.25) is 0 Å². The first kappa shape index (κ1) is 23.7. The third-order valence-corrected chi connectivity index (χ3v) is 8.09. The Balaban J connectivity index is 1.53. The lowest BCUT2D eigenvalue weighted by atomic mass is 9.48. The minimum absolute atomic E-state index is 0.148. The van der Waals surface area contributed by atoms with Crippen molar-refractivity contribution in [2.75, 3.05) is 7.11 Å². The lowest BCUT2D eigenvalue weighted by molar-refractivity contribution is -0.137. The normalized spacial score (nSPS) is 28.0. The highest BCUT2D eigenvalue weighted by molar-refractivity contribution is 5.92. The average molecular weight is 483 g/mol. The van der Waals surface area contributed by atoms with Gasteiger partial charge in [0.1, 0.15) is 5.75 Å². The van der Waals surface area contributed by atoms with Gasteiger partial charge in [-0.05, 0) is 109 Å². The van der Waals surface area contributed by atoms with Crippen molar-refractivity contribution >= 4 is 17.6 Å². The SMILES string of the molecule is COc1cc(/C=C(/C=C/C(=O)O)c2cccc(C(F)(F)F)c2)ccc1C12CC3CC(CC(C3)C1)C2. The van der Waals surface area contributed by atoms with Gasteiger partial charge >= 0.3 is 12.1 Å². The van der Waals surface area contributed by atoms with Gasteiger partial charge in [0, 0.05) is 11.6 Å². The van der Waals surface area contributed by atoms with Crippen LogP contribution in [0.4, 0.5) is 13.2 Å². The second-order valence-electron chi connectivity index (χ2n) is 10.5. The summed E-state index contributed by atoms with van der Waals surface area (Å²) >= 11 is 0. The van der Waals surface area contributed by atoms with Gasteiger partial charge < -0.3 is 9.84 Å². The number of carboxylic acid groups (broad SMARTS) is 1. The Morgan fingerprint density at radius 2 is 1.66 bits per heavy atom. The minimum atomic E-state index is -4.49. The molecule has 6 rings (SSSR count). The van der Waals surface area contributed by atoms with E-state index in [-0.39, 0.29) is 5.41 Å². The van der Waals surface area contributed by atoms with Gasteiger partial charge in [-0.2, -0.15) is 13.2 Å². The molecule has 2 aromatic rings. The van der Waals surface area contributed by atoms with E-state index in [0.29, 0.717) is 11.1 Å². The molecular formula is C29H29F3O3. The number of alkyl halides is 3. The van der Waals surface area contributed by atoms with Crippen LogP contribution in [0.15, 0.2) is 54.6 Å². The number of allylic oxidation sites excluding steroid dienone is 2. The van der Waals surface area contributed by atoms with E-state index in [1.165, 1.54) is 56.2 Å². The van der Waals surface area contributed by atoms with Crippen molar-refractivity contribution in [3.05, 3.63) is 76.9 Å². The topological polar surface area (TPSA) is 46.5 Å². The Hall–Kier alpha value is -3.02. The molecule has 0 spiro atoms. The number of ether oxygens (including phenoxy) is 1. The predicted molar refractivity (Wildman–Crippen MR) is 129 cm³/mol. The first-order chi connectivity index (χ1) is 16.6. The van der Waals surface area contributed by atoms with E-state index in [1.54, 1.807) is 19.3 Å². The van der Waals surface area contributed by atoms with Crippen molar-refractivity contribution in [2.24, 2.45) is 17.8 Å². The fraction of sp³-hybridized carbons (Fsp3) is 0.414. The van der Waals surface area contributed by atoms with Crippen LogP contribution in [0, 0.1) is 17.8 Å². The standard InChI is InChI=1S/C29H29F3O3/c1-35-26-13-18(5-7-25(26)28-15-19-9-20(16-28)11-21(10-19)17-28)12-23(6-8-27(33)34)22-3-2-4-24(14-22)29(30,31)32/h2-8,12-14,19-21H,9-11,15-17H2,1H3,(H,33,34)/b8-6+,23-12-. The molecule has 4 saturated carbocycles. The molecule has 0 radical (unpaired) electrons. The summed E-state index contributed by atoms with van der Waals surface area (Å²) in [6.07, 6.45) is 7.12. The molecule has 0 aromatic heterocycles. The Bertz CT molecular complexity index is 1160. The lowest BCUT2D eigenvalue weighted by Gasteiger charge is -2.57. The maximum absolute atomic E-state index is 13.3. The van der Waals surface area contributed by atoms with E-state index < -0.39 is 17.7 Å². The zero-order valence-corrected chi connectivity index (χ0v) is 19.6. The molecule has 1 N–H and O–H groups in total. The summed E-state index contributed by atoms with van der Waals surface area (Å²) in [7, 11) is 1.66. The fourth-order valence-electron chi connectivity index (χ4n) is 7.12. The molecule has 6 heteroatoms. The summed E-state index contributed by atoms with van der Waals surface area (Å²) in [5, 5.41) is 9.12. The summed E-state index contributed by atoms with van der Waals surface area (Å²) < 4.78 is 45.7. The van der Waals surface area contributed by atoms with Crippen LogP contribution in [0.5, 0.6) is 5.75 Å². The number of hydrogen-bond donors (Lipinski definition) is 1. The van der Waals surface area contributed by atoms with Crippen LogP contribution in [0.1, 0.15) is 60.8 Å². The number of rotatable bonds is 6. The number of carbonyl (C=O) groups is 1. The molecule has 0 heterocycles. The molecule has 0 amide bonds. The van der Waals surface area contributed by atoms with Gasteiger partial charge in [0.2, 0.25) is 0 Å². The van der Waals surface area contributed by atoms with Crippen LogP contribution >= 0.6 is 0 Å². The summed E-state index contributed by atoms with van der Waals surface area (Å²) in [4.78, 5) is 11.2. The minimum Gasteiger partial charge on any atom is -0.496 e. The number of methoxy groups -OCH3 is 1. The van der Waals surface area contributed by atoms with Gasteiger partial charge in [-0.1, -0.05) is 24.3 Å². The number of aliphatic carboxylic acids is 1. The molecule has 2 aromatic carbocycles. The van der Waals surface area contributed by atoms with Crippen molar-refractivity contribution < 1.29 is 27.8 Å². The van der Waals surface area contributed by atoms with Crippen LogP contribution in [0.3, 0.4) is 0 Å². The summed E-state index contributed by atoms with van der Waals surface area (Å²) in [5.74, 6) is 2.00.